The van der Waals surface area contributed by atoms with E-state index in [0.29, 0.717) is 0 Å². The van der Waals surface area contributed by atoms with E-state index in [1.165, 1.54) is 25.7 Å². The minimum Gasteiger partial charge on any atom is -0.389 e. The van der Waals surface area contributed by atoms with Gasteiger partial charge in [-0.05, 0) is 63.3 Å². The van der Waals surface area contributed by atoms with Crippen molar-refractivity contribution in [3.05, 3.63) is 0 Å². The second-order valence-electron chi connectivity index (χ2n) is 6.31. The molecule has 2 nitrogen and oxygen atoms in total. The predicted molar refractivity (Wildman–Crippen MR) is 67.3 cm³/mol. The van der Waals surface area contributed by atoms with Gasteiger partial charge in [0.05, 0.1) is 5.60 Å². The molecule has 0 amide bonds. The van der Waals surface area contributed by atoms with Crippen molar-refractivity contribution in [2.75, 3.05) is 13.1 Å². The van der Waals surface area contributed by atoms with E-state index in [1.807, 2.05) is 6.92 Å². The van der Waals surface area contributed by atoms with E-state index in [2.05, 4.69) is 12.2 Å². The molecule has 2 saturated carbocycles. The fourth-order valence-corrected chi connectivity index (χ4v) is 3.80. The maximum Gasteiger partial charge on any atom is 0.0746 e. The number of hydrogen-bond acceptors (Lipinski definition) is 2. The highest BCUT2D eigenvalue weighted by Crippen LogP contribution is 2.50. The monoisotopic (exact) mass is 225 g/mol. The zero-order valence-corrected chi connectivity index (χ0v) is 10.8. The van der Waals surface area contributed by atoms with Gasteiger partial charge in [0.2, 0.25) is 0 Å². The zero-order valence-electron chi connectivity index (χ0n) is 10.8. The highest BCUT2D eigenvalue weighted by atomic mass is 16.3. The summed E-state index contributed by atoms with van der Waals surface area (Å²) in [6, 6.07) is 0. The summed E-state index contributed by atoms with van der Waals surface area (Å²) in [6.45, 7) is 5.95. The molecule has 2 rings (SSSR count). The third kappa shape index (κ3) is 2.98. The molecule has 0 aliphatic heterocycles. The quantitative estimate of drug-likeness (QED) is 0.681. The molecule has 4 unspecified atom stereocenters. The number of aliphatic hydroxyl groups is 1. The summed E-state index contributed by atoms with van der Waals surface area (Å²) in [4.78, 5) is 0. The molecule has 2 N–H and O–H groups in total. The second-order valence-corrected chi connectivity index (χ2v) is 6.31. The van der Waals surface area contributed by atoms with Crippen LogP contribution in [0.1, 0.15) is 52.4 Å². The van der Waals surface area contributed by atoms with Gasteiger partial charge in [-0.3, -0.25) is 0 Å². The first-order valence-electron chi connectivity index (χ1n) is 7.04. The lowest BCUT2D eigenvalue weighted by Gasteiger charge is -2.31. The molecule has 2 aliphatic rings. The molecule has 2 bridgehead atoms. The lowest BCUT2D eigenvalue weighted by molar-refractivity contribution is 0.0249. The van der Waals surface area contributed by atoms with Gasteiger partial charge in [-0.1, -0.05) is 13.3 Å². The Morgan fingerprint density at radius 1 is 1.31 bits per heavy atom. The van der Waals surface area contributed by atoms with E-state index in [9.17, 15) is 5.11 Å². The van der Waals surface area contributed by atoms with Gasteiger partial charge in [-0.15, -0.1) is 0 Å². The normalized spacial score (nSPS) is 36.6. The van der Waals surface area contributed by atoms with Crippen molar-refractivity contribution in [3.63, 3.8) is 0 Å². The molecule has 2 aliphatic carbocycles. The van der Waals surface area contributed by atoms with Crippen molar-refractivity contribution in [3.8, 4) is 0 Å². The van der Waals surface area contributed by atoms with Gasteiger partial charge in [0.15, 0.2) is 0 Å². The van der Waals surface area contributed by atoms with Crippen molar-refractivity contribution < 1.29 is 5.11 Å². The first kappa shape index (κ1) is 12.4. The Morgan fingerprint density at radius 2 is 2.12 bits per heavy atom. The molecular weight excluding hydrogens is 198 g/mol. The fourth-order valence-electron chi connectivity index (χ4n) is 3.80. The van der Waals surface area contributed by atoms with E-state index < -0.39 is 5.60 Å². The van der Waals surface area contributed by atoms with Crippen LogP contribution >= 0.6 is 0 Å². The molecule has 0 aromatic carbocycles. The Morgan fingerprint density at radius 3 is 2.69 bits per heavy atom. The average molecular weight is 225 g/mol. The molecule has 2 fully saturated rings. The Kier molecular flexibility index (Phi) is 3.91. The second kappa shape index (κ2) is 5.05. The summed E-state index contributed by atoms with van der Waals surface area (Å²) in [6.07, 6.45) is 7.86. The topological polar surface area (TPSA) is 32.3 Å². The summed E-state index contributed by atoms with van der Waals surface area (Å²) < 4.78 is 0. The van der Waals surface area contributed by atoms with Crippen LogP contribution in [-0.4, -0.2) is 23.8 Å². The van der Waals surface area contributed by atoms with Crippen LogP contribution in [0.3, 0.4) is 0 Å². The number of hydrogen-bond donors (Lipinski definition) is 2. The third-order valence-corrected chi connectivity index (χ3v) is 4.52. The highest BCUT2D eigenvalue weighted by molar-refractivity contribution is 4.93. The Balaban J connectivity index is 1.75. The van der Waals surface area contributed by atoms with E-state index in [0.717, 1.165) is 43.7 Å². The Labute approximate surface area is 99.8 Å². The van der Waals surface area contributed by atoms with E-state index >= 15 is 0 Å². The third-order valence-electron chi connectivity index (χ3n) is 4.52. The predicted octanol–water partition coefficient (Wildman–Crippen LogP) is 2.56. The van der Waals surface area contributed by atoms with Crippen molar-refractivity contribution in [2.45, 2.75) is 58.0 Å². The van der Waals surface area contributed by atoms with E-state index in [4.69, 9.17) is 0 Å². The molecule has 4 atom stereocenters. The van der Waals surface area contributed by atoms with Gasteiger partial charge in [0, 0.05) is 6.54 Å². The summed E-state index contributed by atoms with van der Waals surface area (Å²) in [7, 11) is 0. The Bertz CT molecular complexity index is 227. The molecule has 2 heteroatoms. The van der Waals surface area contributed by atoms with Crippen LogP contribution in [0, 0.1) is 17.8 Å². The van der Waals surface area contributed by atoms with Gasteiger partial charge in [-0.25, -0.2) is 0 Å². The van der Waals surface area contributed by atoms with Gasteiger partial charge in [-0.2, -0.15) is 0 Å². The highest BCUT2D eigenvalue weighted by Gasteiger charge is 2.41. The van der Waals surface area contributed by atoms with Crippen molar-refractivity contribution in [2.24, 2.45) is 17.8 Å². The molecule has 0 saturated heterocycles. The number of rotatable bonds is 6. The Hall–Kier alpha value is -0.0800. The first-order chi connectivity index (χ1) is 7.61. The lowest BCUT2D eigenvalue weighted by atomic mass is 9.81. The lowest BCUT2D eigenvalue weighted by Crippen LogP contribution is -2.40. The van der Waals surface area contributed by atoms with Gasteiger partial charge >= 0.3 is 0 Å². The van der Waals surface area contributed by atoms with Crippen LogP contribution in [0.4, 0.5) is 0 Å². The van der Waals surface area contributed by atoms with Gasteiger partial charge in [0.25, 0.3) is 0 Å². The molecule has 0 heterocycles. The van der Waals surface area contributed by atoms with Crippen LogP contribution in [0.25, 0.3) is 0 Å². The van der Waals surface area contributed by atoms with Crippen LogP contribution < -0.4 is 5.32 Å². The van der Waals surface area contributed by atoms with Crippen molar-refractivity contribution in [1.29, 1.82) is 0 Å². The molecule has 0 spiro atoms. The molecule has 16 heavy (non-hydrogen) atoms. The molecule has 0 aromatic rings. The molecule has 94 valence electrons. The minimum absolute atomic E-state index is 0.496. The molecule has 0 aromatic heterocycles. The van der Waals surface area contributed by atoms with Gasteiger partial charge < -0.3 is 10.4 Å². The summed E-state index contributed by atoms with van der Waals surface area (Å²) in [5.41, 5.74) is -0.496. The maximum atomic E-state index is 10.4. The molecular formula is C14H27NO. The summed E-state index contributed by atoms with van der Waals surface area (Å²) >= 11 is 0. The summed E-state index contributed by atoms with van der Waals surface area (Å²) in [5.74, 6) is 2.73. The molecule has 0 radical (unpaired) electrons. The van der Waals surface area contributed by atoms with Crippen LogP contribution in [0.5, 0.6) is 0 Å². The minimum atomic E-state index is -0.496. The number of fused-ring (bicyclic) bond motifs is 2. The average Bonchev–Trinajstić information content (AvgIpc) is 2.78. The van der Waals surface area contributed by atoms with Crippen molar-refractivity contribution >= 4 is 0 Å². The maximum absolute atomic E-state index is 10.4. The van der Waals surface area contributed by atoms with Crippen LogP contribution in [-0.2, 0) is 0 Å². The van der Waals surface area contributed by atoms with Crippen molar-refractivity contribution in [1.82, 2.24) is 5.32 Å². The SMILES string of the molecule is CCCNCC(C)(O)CC1CC2CCC1C2. The standard InChI is InChI=1S/C14H27NO/c1-3-6-15-10-14(2,16)9-13-8-11-4-5-12(13)7-11/h11-13,15-16H,3-10H2,1-2H3. The largest absolute Gasteiger partial charge is 0.389 e. The fraction of sp³-hybridized carbons (Fsp3) is 1.00. The summed E-state index contributed by atoms with van der Waals surface area (Å²) in [5, 5.41) is 13.7. The first-order valence-corrected chi connectivity index (χ1v) is 7.04. The zero-order chi connectivity index (χ0) is 11.6. The van der Waals surface area contributed by atoms with Crippen LogP contribution in [0.2, 0.25) is 0 Å². The number of nitrogens with one attached hydrogen (secondary N) is 1. The van der Waals surface area contributed by atoms with Gasteiger partial charge in [0.1, 0.15) is 0 Å². The van der Waals surface area contributed by atoms with E-state index in [1.54, 1.807) is 0 Å². The van der Waals surface area contributed by atoms with Crippen LogP contribution in [0.15, 0.2) is 0 Å². The van der Waals surface area contributed by atoms with E-state index in [-0.39, 0.29) is 0 Å². The smallest absolute Gasteiger partial charge is 0.0746 e.